The van der Waals surface area contributed by atoms with E-state index >= 15 is 0 Å². The predicted octanol–water partition coefficient (Wildman–Crippen LogP) is 17.3. The summed E-state index contributed by atoms with van der Waals surface area (Å²) >= 11 is 0. The van der Waals surface area contributed by atoms with Crippen LogP contribution in [0.25, 0.3) is 0 Å². The fourth-order valence-corrected chi connectivity index (χ4v) is 12.7. The van der Waals surface area contributed by atoms with Gasteiger partial charge < -0.3 is 4.74 Å². The first-order valence-electron chi connectivity index (χ1n) is 25.5. The highest BCUT2D eigenvalue weighted by Gasteiger charge is 2.59. The fraction of sp³-hybridized carbons (Fsp3) is 0.836. The van der Waals surface area contributed by atoms with E-state index < -0.39 is 0 Å². The monoisotopic (exact) mass is 787 g/mol. The molecule has 3 fully saturated rings. The minimum Gasteiger partial charge on any atom is -0.462 e. The number of hydrogen-bond donors (Lipinski definition) is 0. The van der Waals surface area contributed by atoms with Crippen LogP contribution in [0.3, 0.4) is 0 Å². The summed E-state index contributed by atoms with van der Waals surface area (Å²) in [6.07, 6.45) is 54.3. The second-order valence-electron chi connectivity index (χ2n) is 20.7. The first-order valence-corrected chi connectivity index (χ1v) is 25.5. The van der Waals surface area contributed by atoms with Crippen molar-refractivity contribution in [1.82, 2.24) is 0 Å². The second-order valence-corrected chi connectivity index (χ2v) is 20.7. The molecule has 0 bridgehead atoms. The number of carbonyl (C=O) groups excluding carboxylic acids is 1. The van der Waals surface area contributed by atoms with Gasteiger partial charge in [-0.15, -0.1) is 0 Å². The van der Waals surface area contributed by atoms with Crippen molar-refractivity contribution in [3.8, 4) is 0 Å². The Morgan fingerprint density at radius 2 is 1.33 bits per heavy atom. The summed E-state index contributed by atoms with van der Waals surface area (Å²) in [5.41, 5.74) is 2.43. The molecule has 2 heteroatoms. The van der Waals surface area contributed by atoms with Gasteiger partial charge in [-0.25, -0.2) is 0 Å². The minimum atomic E-state index is 0.0579. The van der Waals surface area contributed by atoms with Gasteiger partial charge in [0, 0.05) is 12.8 Å². The number of fused-ring (bicyclic) bond motifs is 5. The van der Waals surface area contributed by atoms with E-state index in [-0.39, 0.29) is 12.1 Å². The van der Waals surface area contributed by atoms with E-state index in [1.54, 1.807) is 5.57 Å². The normalized spacial score (nSPS) is 29.8. The van der Waals surface area contributed by atoms with Crippen LogP contribution in [0.1, 0.15) is 235 Å². The molecule has 326 valence electrons. The SMILES string of the molecule is CCCCC/C=C\C/C=C\CCCCCCCCCCCCCCCC(=O)OC1CCC2(C)C(=CCC3C2CCC2(C)C(C(C)/C=C/C(CC)C(C)C)CCC32)C1. The number of esters is 1. The van der Waals surface area contributed by atoms with Crippen molar-refractivity contribution < 1.29 is 9.53 Å². The van der Waals surface area contributed by atoms with Crippen molar-refractivity contribution in [2.24, 2.45) is 52.3 Å². The quantitative estimate of drug-likeness (QED) is 0.0449. The molecule has 0 N–H and O–H groups in total. The summed E-state index contributed by atoms with van der Waals surface area (Å²) in [4.78, 5) is 12.9. The molecule has 0 spiro atoms. The maximum absolute atomic E-state index is 12.9. The second kappa shape index (κ2) is 25.9. The molecule has 0 saturated heterocycles. The van der Waals surface area contributed by atoms with E-state index in [9.17, 15) is 4.79 Å². The third-order valence-electron chi connectivity index (χ3n) is 16.4. The molecule has 9 atom stereocenters. The van der Waals surface area contributed by atoms with Crippen LogP contribution in [-0.2, 0) is 9.53 Å². The Labute approximate surface area is 355 Å². The van der Waals surface area contributed by atoms with Crippen LogP contribution in [0.5, 0.6) is 0 Å². The molecule has 2 nitrogen and oxygen atoms in total. The van der Waals surface area contributed by atoms with Crippen molar-refractivity contribution in [3.05, 3.63) is 48.1 Å². The first-order chi connectivity index (χ1) is 27.6. The van der Waals surface area contributed by atoms with E-state index in [1.807, 2.05) is 0 Å². The zero-order valence-corrected chi connectivity index (χ0v) is 39.0. The summed E-state index contributed by atoms with van der Waals surface area (Å²) in [6.45, 7) is 17.2. The smallest absolute Gasteiger partial charge is 0.306 e. The lowest BCUT2D eigenvalue weighted by Crippen LogP contribution is -2.51. The molecular formula is C55H94O2. The Hall–Kier alpha value is -1.57. The highest BCUT2D eigenvalue weighted by molar-refractivity contribution is 5.69. The van der Waals surface area contributed by atoms with Crippen LogP contribution >= 0.6 is 0 Å². The number of hydrogen-bond acceptors (Lipinski definition) is 2. The number of rotatable bonds is 28. The van der Waals surface area contributed by atoms with Crippen molar-refractivity contribution in [3.63, 3.8) is 0 Å². The summed E-state index contributed by atoms with van der Waals surface area (Å²) in [6, 6.07) is 0. The Morgan fingerprint density at radius 3 is 1.95 bits per heavy atom. The Kier molecular flexibility index (Phi) is 21.9. The van der Waals surface area contributed by atoms with E-state index in [0.29, 0.717) is 29.1 Å². The largest absolute Gasteiger partial charge is 0.462 e. The van der Waals surface area contributed by atoms with Crippen LogP contribution in [0, 0.1) is 52.3 Å². The lowest BCUT2D eigenvalue weighted by Gasteiger charge is -2.58. The summed E-state index contributed by atoms with van der Waals surface area (Å²) in [5.74, 6) is 5.53. The molecule has 0 heterocycles. The molecule has 0 aromatic heterocycles. The zero-order valence-electron chi connectivity index (χ0n) is 39.0. The van der Waals surface area contributed by atoms with E-state index in [4.69, 9.17) is 4.74 Å². The van der Waals surface area contributed by atoms with E-state index in [2.05, 4.69) is 91.0 Å². The van der Waals surface area contributed by atoms with Gasteiger partial charge in [0.1, 0.15) is 6.10 Å². The van der Waals surface area contributed by atoms with Gasteiger partial charge in [0.2, 0.25) is 0 Å². The van der Waals surface area contributed by atoms with Gasteiger partial charge in [-0.3, -0.25) is 4.79 Å². The average molecular weight is 787 g/mol. The predicted molar refractivity (Wildman–Crippen MR) is 248 cm³/mol. The molecule has 3 saturated carbocycles. The average Bonchev–Trinajstić information content (AvgIpc) is 3.55. The minimum absolute atomic E-state index is 0.0579. The number of carbonyl (C=O) groups is 1. The third-order valence-corrected chi connectivity index (χ3v) is 16.4. The van der Waals surface area contributed by atoms with Gasteiger partial charge in [-0.05, 0) is 142 Å². The van der Waals surface area contributed by atoms with Gasteiger partial charge in [0.05, 0.1) is 0 Å². The molecule has 57 heavy (non-hydrogen) atoms. The van der Waals surface area contributed by atoms with Gasteiger partial charge in [0.15, 0.2) is 0 Å². The lowest BCUT2D eigenvalue weighted by molar-refractivity contribution is -0.151. The molecule has 0 aromatic rings. The molecule has 0 radical (unpaired) electrons. The number of ether oxygens (including phenoxy) is 1. The van der Waals surface area contributed by atoms with Gasteiger partial charge in [0.25, 0.3) is 0 Å². The van der Waals surface area contributed by atoms with Crippen LogP contribution < -0.4 is 0 Å². The molecule has 0 aromatic carbocycles. The van der Waals surface area contributed by atoms with E-state index in [0.717, 1.165) is 55.3 Å². The molecule has 4 aliphatic rings. The van der Waals surface area contributed by atoms with Gasteiger partial charge >= 0.3 is 5.97 Å². The van der Waals surface area contributed by atoms with Crippen LogP contribution in [-0.4, -0.2) is 12.1 Å². The standard InChI is InChI=1S/C55H94O2/c1-8-10-11-12-13-14-15-16-17-18-19-20-21-22-23-24-25-26-27-28-29-30-31-32-53(56)57-48-39-41-54(6)47(43-48)35-36-49-51-38-37-50(55(51,7)42-40-52(49)54)45(5)33-34-46(9-2)44(3)4/h13-14,16-17,33-35,44-46,48-52H,8-12,15,18-32,36-43H2,1-7H3/b14-13-,17-16-,34-33+. The van der Waals surface area contributed by atoms with E-state index in [1.165, 1.54) is 154 Å². The van der Waals surface area contributed by atoms with Crippen LogP contribution in [0.15, 0.2) is 48.1 Å². The number of allylic oxidation sites excluding steroid dienone is 7. The fourth-order valence-electron chi connectivity index (χ4n) is 12.7. The summed E-state index contributed by atoms with van der Waals surface area (Å²) < 4.78 is 6.17. The van der Waals surface area contributed by atoms with Gasteiger partial charge in [-0.1, -0.05) is 180 Å². The first kappa shape index (κ1) is 48.1. The third kappa shape index (κ3) is 14.8. The Bertz CT molecular complexity index is 1240. The summed E-state index contributed by atoms with van der Waals surface area (Å²) in [5, 5.41) is 0. The van der Waals surface area contributed by atoms with Crippen molar-refractivity contribution in [2.45, 2.75) is 241 Å². The molecule has 0 amide bonds. The zero-order chi connectivity index (χ0) is 40.9. The Morgan fingerprint density at radius 1 is 0.719 bits per heavy atom. The maximum atomic E-state index is 12.9. The molecule has 0 aliphatic heterocycles. The van der Waals surface area contributed by atoms with Crippen molar-refractivity contribution >= 4 is 5.97 Å². The van der Waals surface area contributed by atoms with Crippen LogP contribution in [0.2, 0.25) is 0 Å². The number of unbranched alkanes of at least 4 members (excludes halogenated alkanes) is 16. The molecular weight excluding hydrogens is 693 g/mol. The molecule has 4 rings (SSSR count). The highest BCUT2D eigenvalue weighted by atomic mass is 16.5. The Balaban J connectivity index is 1.02. The van der Waals surface area contributed by atoms with Crippen molar-refractivity contribution in [1.29, 1.82) is 0 Å². The van der Waals surface area contributed by atoms with Gasteiger partial charge in [-0.2, -0.15) is 0 Å². The maximum Gasteiger partial charge on any atom is 0.306 e. The lowest BCUT2D eigenvalue weighted by atomic mass is 9.47. The van der Waals surface area contributed by atoms with Crippen LogP contribution in [0.4, 0.5) is 0 Å². The molecule has 4 aliphatic carbocycles. The topological polar surface area (TPSA) is 26.3 Å². The highest BCUT2D eigenvalue weighted by Crippen LogP contribution is 2.67. The summed E-state index contributed by atoms with van der Waals surface area (Å²) in [7, 11) is 0. The molecule has 9 unspecified atom stereocenters. The van der Waals surface area contributed by atoms with Crippen molar-refractivity contribution in [2.75, 3.05) is 0 Å².